The van der Waals surface area contributed by atoms with Crippen molar-refractivity contribution in [2.24, 2.45) is 0 Å². The molecule has 3 rings (SSSR count). The summed E-state index contributed by atoms with van der Waals surface area (Å²) in [6.07, 6.45) is 2.15. The van der Waals surface area contributed by atoms with E-state index in [1.807, 2.05) is 18.2 Å². The third-order valence-corrected chi connectivity index (χ3v) is 5.82. The number of rotatable bonds is 3. The molecule has 0 atom stereocenters. The minimum atomic E-state index is -0.813. The predicted molar refractivity (Wildman–Crippen MR) is 115 cm³/mol. The molecule has 4 N–H and O–H groups in total. The minimum Gasteiger partial charge on any atom is -0.318 e. The third-order valence-electron chi connectivity index (χ3n) is 5.82. The molecule has 0 bridgehead atoms. The molecule has 0 heterocycles. The van der Waals surface area contributed by atoms with E-state index >= 15 is 0 Å². The summed E-state index contributed by atoms with van der Waals surface area (Å²) in [4.78, 5) is 36.0. The molecule has 1 aliphatic carbocycles. The number of hydroxylamine groups is 1. The molecule has 3 amide bonds. The molecule has 0 aliphatic heterocycles. The lowest BCUT2D eigenvalue weighted by Gasteiger charge is -2.42. The summed E-state index contributed by atoms with van der Waals surface area (Å²) in [5, 5.41) is 13.8. The second kappa shape index (κ2) is 7.91. The maximum absolute atomic E-state index is 12.4. The van der Waals surface area contributed by atoms with Crippen LogP contribution >= 0.6 is 0 Å². The zero-order valence-corrected chi connectivity index (χ0v) is 17.6. The normalized spacial score (nSPS) is 16.2. The lowest BCUT2D eigenvalue weighted by atomic mass is 9.63. The molecule has 0 unspecified atom stereocenters. The lowest BCUT2D eigenvalue weighted by Crippen LogP contribution is -2.34. The molecule has 0 saturated heterocycles. The van der Waals surface area contributed by atoms with Gasteiger partial charge in [-0.25, -0.2) is 5.48 Å². The maximum atomic E-state index is 12.4. The van der Waals surface area contributed by atoms with Gasteiger partial charge in [0.2, 0.25) is 0 Å². The summed E-state index contributed by atoms with van der Waals surface area (Å²) in [6.45, 7) is 8.84. The van der Waals surface area contributed by atoms with Gasteiger partial charge in [-0.2, -0.15) is 0 Å². The Kier molecular flexibility index (Phi) is 5.67. The number of amides is 3. The molecule has 158 valence electrons. The van der Waals surface area contributed by atoms with E-state index < -0.39 is 17.7 Å². The number of anilines is 2. The fraction of sp³-hybridized carbons (Fsp3) is 0.348. The van der Waals surface area contributed by atoms with E-state index in [0.29, 0.717) is 11.4 Å². The molecule has 2 aromatic rings. The highest BCUT2D eigenvalue weighted by Crippen LogP contribution is 2.46. The van der Waals surface area contributed by atoms with Crippen LogP contribution in [-0.2, 0) is 20.4 Å². The van der Waals surface area contributed by atoms with Gasteiger partial charge in [-0.3, -0.25) is 19.6 Å². The van der Waals surface area contributed by atoms with Gasteiger partial charge in [-0.15, -0.1) is 0 Å². The van der Waals surface area contributed by atoms with Gasteiger partial charge in [0, 0.05) is 16.9 Å². The summed E-state index contributed by atoms with van der Waals surface area (Å²) >= 11 is 0. The van der Waals surface area contributed by atoms with Gasteiger partial charge in [0.1, 0.15) is 0 Å². The average Bonchev–Trinajstić information content (AvgIpc) is 2.71. The Hall–Kier alpha value is -3.19. The lowest BCUT2D eigenvalue weighted by molar-refractivity contribution is -0.132. The zero-order chi connectivity index (χ0) is 22.1. The molecule has 1 aliphatic rings. The number of hydrogen-bond donors (Lipinski definition) is 4. The standard InChI is InChI=1S/C23H27N3O4/c1-22(2)11-12-23(3,4)18-13-16(9-10-17(18)22)25-21(29)20(28)24-15-7-5-14(6-8-15)19(27)26-30/h5-10,13,30H,11-12H2,1-4H3,(H,24,28)(H,25,29)(H,26,27). The Morgan fingerprint density at radius 2 is 1.27 bits per heavy atom. The SMILES string of the molecule is CC1(C)CCC(C)(C)c2cc(NC(=O)C(=O)Nc3ccc(C(=O)NO)cc3)ccc21. The number of fused-ring (bicyclic) bond motifs is 1. The van der Waals surface area contributed by atoms with Gasteiger partial charge in [0.25, 0.3) is 5.91 Å². The van der Waals surface area contributed by atoms with E-state index in [-0.39, 0.29) is 16.4 Å². The average molecular weight is 409 g/mol. The predicted octanol–water partition coefficient (Wildman–Crippen LogP) is 3.73. The van der Waals surface area contributed by atoms with Gasteiger partial charge >= 0.3 is 11.8 Å². The highest BCUT2D eigenvalue weighted by Gasteiger charge is 2.37. The molecule has 0 spiro atoms. The molecular formula is C23H27N3O4. The highest BCUT2D eigenvalue weighted by molar-refractivity contribution is 6.43. The van der Waals surface area contributed by atoms with Crippen molar-refractivity contribution >= 4 is 29.1 Å². The molecule has 7 heteroatoms. The van der Waals surface area contributed by atoms with Crippen LogP contribution in [0.4, 0.5) is 11.4 Å². The molecule has 0 aromatic heterocycles. The van der Waals surface area contributed by atoms with Crippen LogP contribution in [-0.4, -0.2) is 22.9 Å². The molecule has 2 aromatic carbocycles. The van der Waals surface area contributed by atoms with Crippen LogP contribution in [0.25, 0.3) is 0 Å². The van der Waals surface area contributed by atoms with Crippen LogP contribution in [0.2, 0.25) is 0 Å². The smallest absolute Gasteiger partial charge is 0.314 e. The van der Waals surface area contributed by atoms with E-state index in [9.17, 15) is 14.4 Å². The summed E-state index contributed by atoms with van der Waals surface area (Å²) < 4.78 is 0. The van der Waals surface area contributed by atoms with Gasteiger partial charge in [-0.05, 0) is 71.2 Å². The second-order valence-corrected chi connectivity index (χ2v) is 8.95. The van der Waals surface area contributed by atoms with Crippen LogP contribution in [0.3, 0.4) is 0 Å². The summed E-state index contributed by atoms with van der Waals surface area (Å²) in [7, 11) is 0. The molecule has 0 fully saturated rings. The molecule has 30 heavy (non-hydrogen) atoms. The van der Waals surface area contributed by atoms with Crippen molar-refractivity contribution in [3.8, 4) is 0 Å². The second-order valence-electron chi connectivity index (χ2n) is 8.95. The minimum absolute atomic E-state index is 0.00352. The van der Waals surface area contributed by atoms with E-state index in [1.54, 1.807) is 0 Å². The molecular weight excluding hydrogens is 382 g/mol. The fourth-order valence-corrected chi connectivity index (χ4v) is 3.81. The summed E-state index contributed by atoms with van der Waals surface area (Å²) in [5.74, 6) is -2.25. The largest absolute Gasteiger partial charge is 0.318 e. The van der Waals surface area contributed by atoms with Crippen LogP contribution in [0.1, 0.15) is 62.0 Å². The van der Waals surface area contributed by atoms with Crippen molar-refractivity contribution in [1.29, 1.82) is 0 Å². The third kappa shape index (κ3) is 4.36. The first kappa shape index (κ1) is 21.5. The van der Waals surface area contributed by atoms with E-state index in [4.69, 9.17) is 5.21 Å². The monoisotopic (exact) mass is 409 g/mol. The van der Waals surface area contributed by atoms with Crippen molar-refractivity contribution in [1.82, 2.24) is 5.48 Å². The van der Waals surface area contributed by atoms with E-state index in [0.717, 1.165) is 12.8 Å². The first-order chi connectivity index (χ1) is 14.0. The van der Waals surface area contributed by atoms with Gasteiger partial charge in [0.15, 0.2) is 0 Å². The summed E-state index contributed by atoms with van der Waals surface area (Å²) in [5.41, 5.74) is 5.22. The van der Waals surface area contributed by atoms with E-state index in [2.05, 4.69) is 38.3 Å². The van der Waals surface area contributed by atoms with Gasteiger partial charge in [0.05, 0.1) is 0 Å². The number of nitrogens with one attached hydrogen (secondary N) is 3. The zero-order valence-electron chi connectivity index (χ0n) is 17.6. The first-order valence-electron chi connectivity index (χ1n) is 9.85. The van der Waals surface area contributed by atoms with Crippen molar-refractivity contribution < 1.29 is 19.6 Å². The molecule has 7 nitrogen and oxygen atoms in total. The molecule has 0 saturated carbocycles. The number of benzene rings is 2. The Labute approximate surface area is 175 Å². The van der Waals surface area contributed by atoms with Gasteiger partial charge in [-0.1, -0.05) is 33.8 Å². The van der Waals surface area contributed by atoms with Crippen molar-refractivity contribution in [2.75, 3.05) is 10.6 Å². The van der Waals surface area contributed by atoms with E-state index in [1.165, 1.54) is 40.9 Å². The van der Waals surface area contributed by atoms with Crippen LogP contribution in [0.5, 0.6) is 0 Å². The quantitative estimate of drug-likeness (QED) is 0.352. The Morgan fingerprint density at radius 3 is 1.83 bits per heavy atom. The number of carbonyl (C=O) groups excluding carboxylic acids is 3. The van der Waals surface area contributed by atoms with Crippen molar-refractivity contribution in [3.63, 3.8) is 0 Å². The van der Waals surface area contributed by atoms with Gasteiger partial charge < -0.3 is 10.6 Å². The molecule has 0 radical (unpaired) electrons. The van der Waals surface area contributed by atoms with Crippen molar-refractivity contribution in [2.45, 2.75) is 51.4 Å². The number of carbonyl (C=O) groups is 3. The highest BCUT2D eigenvalue weighted by atomic mass is 16.5. The topological polar surface area (TPSA) is 108 Å². The Morgan fingerprint density at radius 1 is 0.767 bits per heavy atom. The first-order valence-corrected chi connectivity index (χ1v) is 9.85. The maximum Gasteiger partial charge on any atom is 0.314 e. The van der Waals surface area contributed by atoms with Crippen LogP contribution in [0.15, 0.2) is 42.5 Å². The summed E-state index contributed by atoms with van der Waals surface area (Å²) in [6, 6.07) is 11.6. The fourth-order valence-electron chi connectivity index (χ4n) is 3.81. The van der Waals surface area contributed by atoms with Crippen LogP contribution in [0, 0.1) is 0 Å². The Balaban J connectivity index is 1.71. The van der Waals surface area contributed by atoms with Crippen LogP contribution < -0.4 is 16.1 Å². The Bertz CT molecular complexity index is 994. The van der Waals surface area contributed by atoms with Crippen molar-refractivity contribution in [3.05, 3.63) is 59.2 Å². The number of hydrogen-bond acceptors (Lipinski definition) is 4.